The Bertz CT molecular complexity index is 1090. The lowest BCUT2D eigenvalue weighted by Gasteiger charge is -2.22. The third kappa shape index (κ3) is 44.4. The summed E-state index contributed by atoms with van der Waals surface area (Å²) >= 11 is 0. The van der Waals surface area contributed by atoms with Gasteiger partial charge in [0.15, 0.2) is 0 Å². The highest BCUT2D eigenvalue weighted by Crippen LogP contribution is 2.17. The minimum atomic E-state index is -4.46. The fourth-order valence-electron chi connectivity index (χ4n) is 7.78. The van der Waals surface area contributed by atoms with Gasteiger partial charge in [0, 0.05) is 0 Å². The first-order chi connectivity index (χ1) is 28.7. The Morgan fingerprint density at radius 3 is 1.12 bits per heavy atom. The quantitative estimate of drug-likeness (QED) is 0.0275. The van der Waals surface area contributed by atoms with Gasteiger partial charge in [-0.3, -0.25) is 9.35 Å². The van der Waals surface area contributed by atoms with Crippen molar-refractivity contribution in [2.24, 2.45) is 0 Å². The monoisotopic (exact) mass is 852 g/mol. The number of allylic oxidation sites excluding steroid dienone is 5. The number of carbonyl (C=O) groups excluding carboxylic acids is 1. The molecule has 0 aromatic carbocycles. The summed E-state index contributed by atoms with van der Waals surface area (Å²) in [5.74, 6) is -1.56. The number of carbonyl (C=O) groups is 1. The van der Waals surface area contributed by atoms with Crippen molar-refractivity contribution in [3.63, 3.8) is 0 Å². The molecule has 0 heterocycles. The van der Waals surface area contributed by atoms with Gasteiger partial charge < -0.3 is 15.5 Å². The van der Waals surface area contributed by atoms with Crippen LogP contribution in [0.15, 0.2) is 36.5 Å². The SMILES string of the molecule is CCCCCCCCCCCC/C=C/CC/C=C/CC/C=C/C(O)C(CS(=O)(=O)O)NC(=O)C(O)CCCCCCCCCCCCCCCCCCCCCCCC. The normalized spacial score (nSPS) is 13.9. The summed E-state index contributed by atoms with van der Waals surface area (Å²) in [5, 5.41) is 23.5. The fourth-order valence-corrected chi connectivity index (χ4v) is 8.52. The molecule has 3 atom stereocenters. The molecule has 3 unspecified atom stereocenters. The number of amides is 1. The summed E-state index contributed by atoms with van der Waals surface area (Å²) in [7, 11) is -4.46. The molecule has 0 aromatic heterocycles. The average molecular weight is 852 g/mol. The van der Waals surface area contributed by atoms with Crippen LogP contribution in [0.3, 0.4) is 0 Å². The molecule has 0 saturated carbocycles. The van der Waals surface area contributed by atoms with E-state index < -0.39 is 40.0 Å². The Morgan fingerprint density at radius 1 is 0.458 bits per heavy atom. The molecule has 59 heavy (non-hydrogen) atoms. The number of aliphatic hydroxyl groups is 2. The van der Waals surface area contributed by atoms with Crippen LogP contribution in [0.5, 0.6) is 0 Å². The molecule has 348 valence electrons. The van der Waals surface area contributed by atoms with Crippen LogP contribution >= 0.6 is 0 Å². The topological polar surface area (TPSA) is 124 Å². The third-order valence-electron chi connectivity index (χ3n) is 11.7. The molecule has 0 bridgehead atoms. The van der Waals surface area contributed by atoms with Crippen LogP contribution in [0.1, 0.15) is 258 Å². The van der Waals surface area contributed by atoms with Crippen molar-refractivity contribution < 1.29 is 28.0 Å². The second-order valence-corrected chi connectivity index (χ2v) is 19.1. The van der Waals surface area contributed by atoms with Gasteiger partial charge in [-0.1, -0.05) is 249 Å². The molecule has 0 aromatic rings. The molecule has 0 aliphatic carbocycles. The van der Waals surface area contributed by atoms with Gasteiger partial charge in [0.25, 0.3) is 10.1 Å². The highest BCUT2D eigenvalue weighted by molar-refractivity contribution is 7.85. The average Bonchev–Trinajstić information content (AvgIpc) is 3.21. The number of hydrogen-bond donors (Lipinski definition) is 4. The molecular formula is C51H97NO6S. The van der Waals surface area contributed by atoms with Crippen molar-refractivity contribution in [1.29, 1.82) is 0 Å². The molecule has 1 amide bonds. The Kier molecular flexibility index (Phi) is 43.5. The second kappa shape index (κ2) is 44.6. The maximum Gasteiger partial charge on any atom is 0.267 e. The Hall–Kier alpha value is -1.48. The summed E-state index contributed by atoms with van der Waals surface area (Å²) in [6, 6.07) is -1.25. The minimum absolute atomic E-state index is 0.275. The lowest BCUT2D eigenvalue weighted by molar-refractivity contribution is -0.130. The van der Waals surface area contributed by atoms with E-state index >= 15 is 0 Å². The molecule has 0 fully saturated rings. The maximum absolute atomic E-state index is 12.7. The predicted octanol–water partition coefficient (Wildman–Crippen LogP) is 14.6. The first-order valence-electron chi connectivity index (χ1n) is 25.3. The molecule has 0 aliphatic rings. The van der Waals surface area contributed by atoms with Crippen LogP contribution in [0.2, 0.25) is 0 Å². The van der Waals surface area contributed by atoms with Crippen molar-refractivity contribution in [3.8, 4) is 0 Å². The molecular weight excluding hydrogens is 755 g/mol. The van der Waals surface area contributed by atoms with Crippen LogP contribution in [0.4, 0.5) is 0 Å². The van der Waals surface area contributed by atoms with E-state index in [9.17, 15) is 28.0 Å². The van der Waals surface area contributed by atoms with E-state index in [1.165, 1.54) is 186 Å². The molecule has 0 saturated heterocycles. The maximum atomic E-state index is 12.7. The number of aliphatic hydroxyl groups excluding tert-OH is 2. The summed E-state index contributed by atoms with van der Waals surface area (Å²) in [6.07, 6.45) is 56.5. The standard InChI is InChI=1S/C51H97NO6S/c1-3-5-7-9-11-13-15-17-19-21-23-25-26-28-30-32-34-36-38-40-42-44-46-50(54)51(55)52-48(47-59(56,57)58)49(53)45-43-41-39-37-35-33-31-29-27-24-22-20-18-16-14-12-10-8-6-4-2/h27,29,35,37,43,45,48-50,53-54H,3-26,28,30-34,36,38-42,44,46-47H2,1-2H3,(H,52,55)(H,56,57,58)/b29-27+,37-35+,45-43+. The largest absolute Gasteiger partial charge is 0.387 e. The predicted molar refractivity (Wildman–Crippen MR) is 255 cm³/mol. The number of hydrogen-bond acceptors (Lipinski definition) is 5. The summed E-state index contributed by atoms with van der Waals surface area (Å²) < 4.78 is 32.7. The van der Waals surface area contributed by atoms with Crippen LogP contribution in [-0.2, 0) is 14.9 Å². The van der Waals surface area contributed by atoms with Gasteiger partial charge in [0.1, 0.15) is 6.10 Å². The minimum Gasteiger partial charge on any atom is -0.387 e. The van der Waals surface area contributed by atoms with E-state index in [0.29, 0.717) is 12.8 Å². The summed E-state index contributed by atoms with van der Waals surface area (Å²) in [4.78, 5) is 12.7. The Labute approximate surface area is 366 Å². The highest BCUT2D eigenvalue weighted by atomic mass is 32.2. The van der Waals surface area contributed by atoms with Gasteiger partial charge in [-0.25, -0.2) is 0 Å². The lowest BCUT2D eigenvalue weighted by Crippen LogP contribution is -2.50. The van der Waals surface area contributed by atoms with Gasteiger partial charge in [-0.05, 0) is 44.9 Å². The smallest absolute Gasteiger partial charge is 0.267 e. The molecule has 8 heteroatoms. The van der Waals surface area contributed by atoms with Crippen molar-refractivity contribution in [1.82, 2.24) is 5.32 Å². The number of unbranched alkanes of at least 4 members (excludes halogenated alkanes) is 33. The molecule has 4 N–H and O–H groups in total. The van der Waals surface area contributed by atoms with E-state index in [4.69, 9.17) is 0 Å². The van der Waals surface area contributed by atoms with Crippen LogP contribution in [0, 0.1) is 0 Å². The number of rotatable bonds is 46. The number of nitrogens with one attached hydrogen (secondary N) is 1. The molecule has 7 nitrogen and oxygen atoms in total. The van der Waals surface area contributed by atoms with Crippen molar-refractivity contribution in [2.45, 2.75) is 276 Å². The van der Waals surface area contributed by atoms with E-state index in [0.717, 1.165) is 44.9 Å². The van der Waals surface area contributed by atoms with Crippen molar-refractivity contribution in [3.05, 3.63) is 36.5 Å². The van der Waals surface area contributed by atoms with Gasteiger partial charge in [-0.15, -0.1) is 0 Å². The summed E-state index contributed by atoms with van der Waals surface area (Å²) in [6.45, 7) is 4.54. The first kappa shape index (κ1) is 57.5. The van der Waals surface area contributed by atoms with Crippen LogP contribution in [0.25, 0.3) is 0 Å². The fraction of sp³-hybridized carbons (Fsp3) is 0.863. The molecule has 0 aliphatic heterocycles. The second-order valence-electron chi connectivity index (χ2n) is 17.6. The molecule has 0 radical (unpaired) electrons. The zero-order valence-electron chi connectivity index (χ0n) is 38.7. The zero-order chi connectivity index (χ0) is 43.3. The zero-order valence-corrected chi connectivity index (χ0v) is 39.6. The van der Waals surface area contributed by atoms with Crippen LogP contribution in [-0.4, -0.2) is 53.1 Å². The van der Waals surface area contributed by atoms with Gasteiger partial charge >= 0.3 is 0 Å². The van der Waals surface area contributed by atoms with E-state index in [1.54, 1.807) is 6.08 Å². The molecule has 0 spiro atoms. The van der Waals surface area contributed by atoms with Crippen LogP contribution < -0.4 is 5.32 Å². The summed E-state index contributed by atoms with van der Waals surface area (Å²) in [5.41, 5.74) is 0. The van der Waals surface area contributed by atoms with E-state index in [2.05, 4.69) is 43.5 Å². The first-order valence-corrected chi connectivity index (χ1v) is 26.9. The Morgan fingerprint density at radius 2 is 0.763 bits per heavy atom. The third-order valence-corrected chi connectivity index (χ3v) is 12.4. The molecule has 0 rings (SSSR count). The van der Waals surface area contributed by atoms with Gasteiger partial charge in [-0.2, -0.15) is 8.42 Å². The van der Waals surface area contributed by atoms with Gasteiger partial charge in [0.05, 0.1) is 17.9 Å². The lowest BCUT2D eigenvalue weighted by atomic mass is 10.0. The van der Waals surface area contributed by atoms with Gasteiger partial charge in [0.2, 0.25) is 5.91 Å². The van der Waals surface area contributed by atoms with E-state index in [1.807, 2.05) is 0 Å². The van der Waals surface area contributed by atoms with Crippen molar-refractivity contribution in [2.75, 3.05) is 5.75 Å². The van der Waals surface area contributed by atoms with Crippen molar-refractivity contribution >= 4 is 16.0 Å². The van der Waals surface area contributed by atoms with E-state index in [-0.39, 0.29) is 6.42 Å². The highest BCUT2D eigenvalue weighted by Gasteiger charge is 2.27. The Balaban J connectivity index is 3.94.